The number of aryl methyl sites for hydroxylation is 2. The van der Waals surface area contributed by atoms with Gasteiger partial charge in [-0.2, -0.15) is 18.3 Å². The minimum Gasteiger partial charge on any atom is -0.323 e. The van der Waals surface area contributed by atoms with E-state index in [1.165, 1.54) is 6.07 Å². The highest BCUT2D eigenvalue weighted by Gasteiger charge is 2.30. The number of pyridine rings is 1. The largest absolute Gasteiger partial charge is 0.417 e. The third-order valence-corrected chi connectivity index (χ3v) is 3.13. The molecule has 0 aliphatic rings. The molecule has 2 aromatic heterocycles. The monoisotopic (exact) mass is 284 g/mol. The van der Waals surface area contributed by atoms with Gasteiger partial charge in [-0.15, -0.1) is 0 Å². The molecule has 0 fully saturated rings. The molecular weight excluding hydrogens is 269 g/mol. The van der Waals surface area contributed by atoms with Crippen LogP contribution >= 0.6 is 0 Å². The molecule has 0 radical (unpaired) electrons. The second-order valence-corrected chi connectivity index (χ2v) is 4.56. The van der Waals surface area contributed by atoms with Crippen molar-refractivity contribution in [3.8, 4) is 0 Å². The quantitative estimate of drug-likeness (QED) is 0.938. The zero-order valence-corrected chi connectivity index (χ0v) is 10.9. The third-order valence-electron chi connectivity index (χ3n) is 3.13. The zero-order valence-electron chi connectivity index (χ0n) is 10.9. The molecule has 2 N–H and O–H groups in total. The van der Waals surface area contributed by atoms with Crippen molar-refractivity contribution >= 4 is 0 Å². The Kier molecular flexibility index (Phi) is 4.08. The Morgan fingerprint density at radius 1 is 1.30 bits per heavy atom. The molecular formula is C13H15F3N4. The Labute approximate surface area is 114 Å². The minimum atomic E-state index is -4.37. The van der Waals surface area contributed by atoms with Crippen LogP contribution in [0.4, 0.5) is 13.2 Å². The van der Waals surface area contributed by atoms with Gasteiger partial charge in [-0.25, -0.2) is 0 Å². The molecule has 0 spiro atoms. The van der Waals surface area contributed by atoms with E-state index in [1.54, 1.807) is 10.9 Å². The minimum absolute atomic E-state index is 0.396. The summed E-state index contributed by atoms with van der Waals surface area (Å²) in [4.78, 5) is 3.80. The Balaban J connectivity index is 1.99. The Morgan fingerprint density at radius 2 is 2.05 bits per heavy atom. The molecule has 0 aromatic carbocycles. The normalized spacial score (nSPS) is 13.4. The van der Waals surface area contributed by atoms with Crippen LogP contribution < -0.4 is 5.73 Å². The lowest BCUT2D eigenvalue weighted by Crippen LogP contribution is -2.15. The first kappa shape index (κ1) is 14.5. The molecule has 7 heteroatoms. The number of alkyl halides is 3. The Morgan fingerprint density at radius 3 is 2.55 bits per heavy atom. The Hall–Kier alpha value is -1.89. The van der Waals surface area contributed by atoms with Crippen molar-refractivity contribution in [2.45, 2.75) is 25.1 Å². The van der Waals surface area contributed by atoms with E-state index in [-0.39, 0.29) is 0 Å². The van der Waals surface area contributed by atoms with Gasteiger partial charge in [0, 0.05) is 31.2 Å². The lowest BCUT2D eigenvalue weighted by atomic mass is 10.1. The summed E-state index contributed by atoms with van der Waals surface area (Å²) in [5.74, 6) is 0. The SMILES string of the molecule is Cn1nccc1CCC(N)c1ccc(C(F)(F)F)cn1. The van der Waals surface area contributed by atoms with Crippen LogP contribution in [0.15, 0.2) is 30.6 Å². The van der Waals surface area contributed by atoms with Gasteiger partial charge in [0.1, 0.15) is 0 Å². The molecule has 0 aliphatic carbocycles. The summed E-state index contributed by atoms with van der Waals surface area (Å²) in [6, 6.07) is 3.82. The second-order valence-electron chi connectivity index (χ2n) is 4.56. The number of hydrogen-bond acceptors (Lipinski definition) is 3. The van der Waals surface area contributed by atoms with Crippen LogP contribution in [-0.4, -0.2) is 14.8 Å². The molecule has 0 bridgehead atoms. The highest BCUT2D eigenvalue weighted by molar-refractivity contribution is 5.19. The van der Waals surface area contributed by atoms with E-state index in [2.05, 4.69) is 10.1 Å². The molecule has 108 valence electrons. The molecule has 4 nitrogen and oxygen atoms in total. The van der Waals surface area contributed by atoms with Gasteiger partial charge in [0.05, 0.1) is 11.3 Å². The summed E-state index contributed by atoms with van der Waals surface area (Å²) in [7, 11) is 1.83. The molecule has 2 aromatic rings. The topological polar surface area (TPSA) is 56.7 Å². The van der Waals surface area contributed by atoms with E-state index in [1.807, 2.05) is 13.1 Å². The number of rotatable bonds is 4. The first-order chi connectivity index (χ1) is 9.38. The fourth-order valence-electron chi connectivity index (χ4n) is 1.89. The summed E-state index contributed by atoms with van der Waals surface area (Å²) in [6.45, 7) is 0. The van der Waals surface area contributed by atoms with Gasteiger partial charge in [0.2, 0.25) is 0 Å². The van der Waals surface area contributed by atoms with E-state index in [4.69, 9.17) is 5.73 Å². The zero-order chi connectivity index (χ0) is 14.8. The van der Waals surface area contributed by atoms with Crippen molar-refractivity contribution in [1.29, 1.82) is 0 Å². The number of halogens is 3. The van der Waals surface area contributed by atoms with Gasteiger partial charge in [-0.05, 0) is 31.0 Å². The maximum atomic E-state index is 12.4. The molecule has 2 heterocycles. The standard InChI is InChI=1S/C13H15F3N4/c1-20-10(6-7-19-20)3-4-11(17)12-5-2-9(8-18-12)13(14,15)16/h2,5-8,11H,3-4,17H2,1H3. The first-order valence-electron chi connectivity index (χ1n) is 6.13. The van der Waals surface area contributed by atoms with E-state index in [0.717, 1.165) is 18.0 Å². The second kappa shape index (κ2) is 5.62. The van der Waals surface area contributed by atoms with Gasteiger partial charge in [0.15, 0.2) is 0 Å². The van der Waals surface area contributed by atoms with Crippen LogP contribution in [-0.2, 0) is 19.6 Å². The fourth-order valence-corrected chi connectivity index (χ4v) is 1.89. The first-order valence-corrected chi connectivity index (χ1v) is 6.13. The third kappa shape index (κ3) is 3.36. The molecule has 20 heavy (non-hydrogen) atoms. The number of nitrogens with zero attached hydrogens (tertiary/aromatic N) is 3. The predicted molar refractivity (Wildman–Crippen MR) is 67.7 cm³/mol. The predicted octanol–water partition coefficient (Wildman–Crippen LogP) is 2.47. The smallest absolute Gasteiger partial charge is 0.323 e. The van der Waals surface area contributed by atoms with E-state index < -0.39 is 17.8 Å². The summed E-state index contributed by atoms with van der Waals surface area (Å²) in [5, 5.41) is 4.04. The van der Waals surface area contributed by atoms with Crippen molar-refractivity contribution in [3.63, 3.8) is 0 Å². The van der Waals surface area contributed by atoms with Gasteiger partial charge in [-0.1, -0.05) is 0 Å². The van der Waals surface area contributed by atoms with Crippen molar-refractivity contribution in [1.82, 2.24) is 14.8 Å². The van der Waals surface area contributed by atoms with Crippen molar-refractivity contribution in [2.24, 2.45) is 12.8 Å². The molecule has 1 unspecified atom stereocenters. The average Bonchev–Trinajstić information content (AvgIpc) is 2.81. The molecule has 2 rings (SSSR count). The summed E-state index contributed by atoms with van der Waals surface area (Å²) < 4.78 is 39.0. The van der Waals surface area contributed by atoms with Crippen LogP contribution in [0.3, 0.4) is 0 Å². The average molecular weight is 284 g/mol. The number of hydrogen-bond donors (Lipinski definition) is 1. The van der Waals surface area contributed by atoms with Crippen molar-refractivity contribution < 1.29 is 13.2 Å². The van der Waals surface area contributed by atoms with Crippen LogP contribution in [0.25, 0.3) is 0 Å². The summed E-state index contributed by atoms with van der Waals surface area (Å²) >= 11 is 0. The van der Waals surface area contributed by atoms with E-state index in [9.17, 15) is 13.2 Å². The summed E-state index contributed by atoms with van der Waals surface area (Å²) in [6.07, 6.45) is -0.570. The van der Waals surface area contributed by atoms with E-state index >= 15 is 0 Å². The molecule has 0 saturated carbocycles. The van der Waals surface area contributed by atoms with Gasteiger partial charge < -0.3 is 5.73 Å². The lowest BCUT2D eigenvalue weighted by Gasteiger charge is -2.12. The number of aromatic nitrogens is 3. The van der Waals surface area contributed by atoms with Crippen LogP contribution in [0.5, 0.6) is 0 Å². The maximum absolute atomic E-state index is 12.4. The highest BCUT2D eigenvalue weighted by atomic mass is 19.4. The van der Waals surface area contributed by atoms with Gasteiger partial charge in [0.25, 0.3) is 0 Å². The molecule has 0 aliphatic heterocycles. The molecule has 1 atom stereocenters. The number of nitrogens with two attached hydrogens (primary N) is 1. The van der Waals surface area contributed by atoms with Gasteiger partial charge >= 0.3 is 6.18 Å². The maximum Gasteiger partial charge on any atom is 0.417 e. The van der Waals surface area contributed by atoms with Crippen molar-refractivity contribution in [3.05, 3.63) is 47.5 Å². The summed E-state index contributed by atoms with van der Waals surface area (Å²) in [5.41, 5.74) is 6.66. The van der Waals surface area contributed by atoms with Crippen molar-refractivity contribution in [2.75, 3.05) is 0 Å². The highest BCUT2D eigenvalue weighted by Crippen LogP contribution is 2.29. The van der Waals surface area contributed by atoms with Crippen LogP contribution in [0.2, 0.25) is 0 Å². The Bertz CT molecular complexity index is 560. The molecule has 0 saturated heterocycles. The van der Waals surface area contributed by atoms with E-state index in [0.29, 0.717) is 18.5 Å². The molecule has 0 amide bonds. The van der Waals surface area contributed by atoms with Crippen LogP contribution in [0, 0.1) is 0 Å². The van der Waals surface area contributed by atoms with Crippen LogP contribution in [0.1, 0.15) is 29.4 Å². The lowest BCUT2D eigenvalue weighted by molar-refractivity contribution is -0.137. The fraction of sp³-hybridized carbons (Fsp3) is 0.385. The van der Waals surface area contributed by atoms with Gasteiger partial charge in [-0.3, -0.25) is 9.67 Å².